The van der Waals surface area contributed by atoms with Gasteiger partial charge in [-0.25, -0.2) is 9.97 Å². The maximum Gasteiger partial charge on any atom is 0.222 e. The molecule has 7 nitrogen and oxygen atoms in total. The zero-order valence-corrected chi connectivity index (χ0v) is 9.77. The number of nitrogens with two attached hydrogens (primary N) is 1. The van der Waals surface area contributed by atoms with Gasteiger partial charge < -0.3 is 20.5 Å². The van der Waals surface area contributed by atoms with Crippen LogP contribution in [0.25, 0.3) is 11.2 Å². The fourth-order valence-electron chi connectivity index (χ4n) is 2.66. The molecule has 0 unspecified atom stereocenters. The third-order valence-corrected chi connectivity index (χ3v) is 3.78. The molecule has 0 amide bonds. The Balaban J connectivity index is 1.98. The molecule has 0 radical (unpaired) electrons. The van der Waals surface area contributed by atoms with E-state index in [0.717, 1.165) is 6.42 Å². The second-order valence-corrected chi connectivity index (χ2v) is 4.68. The van der Waals surface area contributed by atoms with E-state index in [-0.39, 0.29) is 37.0 Å². The van der Waals surface area contributed by atoms with E-state index < -0.39 is 0 Å². The molecule has 0 bridgehead atoms. The highest BCUT2D eigenvalue weighted by Gasteiger charge is 2.41. The van der Waals surface area contributed by atoms with Crippen LogP contribution in [0.3, 0.4) is 0 Å². The zero-order chi connectivity index (χ0) is 12.7. The number of nitrogen functional groups attached to an aromatic ring is 1. The van der Waals surface area contributed by atoms with Crippen molar-refractivity contribution in [3.63, 3.8) is 0 Å². The molecule has 0 saturated heterocycles. The average Bonchev–Trinajstić information content (AvgIpc) is 2.72. The van der Waals surface area contributed by atoms with E-state index in [0.29, 0.717) is 11.2 Å². The van der Waals surface area contributed by atoms with E-state index >= 15 is 0 Å². The molecule has 1 aliphatic carbocycles. The third-order valence-electron chi connectivity index (χ3n) is 3.78. The lowest BCUT2D eigenvalue weighted by Crippen LogP contribution is -2.42. The maximum atomic E-state index is 9.38. The first-order valence-corrected chi connectivity index (χ1v) is 5.91. The third kappa shape index (κ3) is 1.55. The second kappa shape index (κ2) is 4.18. The van der Waals surface area contributed by atoms with Gasteiger partial charge in [-0.05, 0) is 12.3 Å². The average molecular weight is 249 g/mol. The van der Waals surface area contributed by atoms with Crippen LogP contribution in [0.4, 0.5) is 5.95 Å². The minimum absolute atomic E-state index is 0.0450. The summed E-state index contributed by atoms with van der Waals surface area (Å²) in [5, 5.41) is 18.6. The predicted molar refractivity (Wildman–Crippen MR) is 64.5 cm³/mol. The number of nitrogens with zero attached hydrogens (tertiary/aromatic N) is 4. The molecule has 96 valence electrons. The Morgan fingerprint density at radius 3 is 2.89 bits per heavy atom. The molecule has 2 aromatic heterocycles. The van der Waals surface area contributed by atoms with Crippen molar-refractivity contribution in [1.82, 2.24) is 19.5 Å². The number of anilines is 1. The van der Waals surface area contributed by atoms with E-state index in [9.17, 15) is 10.2 Å². The van der Waals surface area contributed by atoms with Crippen LogP contribution in [0.5, 0.6) is 0 Å². The highest BCUT2D eigenvalue weighted by atomic mass is 16.3. The largest absolute Gasteiger partial charge is 0.396 e. The monoisotopic (exact) mass is 249 g/mol. The predicted octanol–water partition coefficient (Wildman–Crippen LogP) is -0.430. The fraction of sp³-hybridized carbons (Fsp3) is 0.545. The molecular formula is C11H15N5O2. The van der Waals surface area contributed by atoms with E-state index in [1.807, 2.05) is 4.57 Å². The number of aromatic nitrogens is 4. The fourth-order valence-corrected chi connectivity index (χ4v) is 2.66. The van der Waals surface area contributed by atoms with Gasteiger partial charge in [-0.1, -0.05) is 0 Å². The molecule has 2 aromatic rings. The van der Waals surface area contributed by atoms with Crippen LogP contribution in [0.1, 0.15) is 12.5 Å². The van der Waals surface area contributed by atoms with E-state index in [4.69, 9.17) is 5.73 Å². The highest BCUT2D eigenvalue weighted by molar-refractivity contribution is 5.70. The summed E-state index contributed by atoms with van der Waals surface area (Å²) in [6.45, 7) is 0.154. The summed E-state index contributed by atoms with van der Waals surface area (Å²) in [5.74, 6) is 0.406. The van der Waals surface area contributed by atoms with E-state index in [1.54, 1.807) is 12.5 Å². The van der Waals surface area contributed by atoms with Gasteiger partial charge in [-0.2, -0.15) is 4.98 Å². The van der Waals surface area contributed by atoms with Gasteiger partial charge in [0.15, 0.2) is 5.65 Å². The number of imidazole rings is 1. The lowest BCUT2D eigenvalue weighted by atomic mass is 9.70. The first kappa shape index (κ1) is 11.4. The summed E-state index contributed by atoms with van der Waals surface area (Å²) in [5.41, 5.74) is 6.95. The van der Waals surface area contributed by atoms with Gasteiger partial charge in [0.05, 0.1) is 12.5 Å². The van der Waals surface area contributed by atoms with Crippen molar-refractivity contribution in [3.05, 3.63) is 12.5 Å². The topological polar surface area (TPSA) is 110 Å². The summed E-state index contributed by atoms with van der Waals surface area (Å²) in [6, 6.07) is 0.117. The number of aliphatic hydroxyl groups excluding tert-OH is 2. The molecule has 0 aliphatic heterocycles. The molecule has 0 aromatic carbocycles. The molecule has 4 N–H and O–H groups in total. The van der Waals surface area contributed by atoms with E-state index in [2.05, 4.69) is 15.0 Å². The number of hydrogen-bond donors (Lipinski definition) is 3. The van der Waals surface area contributed by atoms with Crippen molar-refractivity contribution in [2.75, 3.05) is 18.9 Å². The normalized spacial score (nSPS) is 27.3. The molecule has 1 fully saturated rings. The molecule has 7 heteroatoms. The number of hydrogen-bond acceptors (Lipinski definition) is 6. The van der Waals surface area contributed by atoms with Crippen molar-refractivity contribution < 1.29 is 10.2 Å². The summed E-state index contributed by atoms with van der Waals surface area (Å²) in [4.78, 5) is 12.3. The standard InChI is InChI=1S/C11H15N5O2/c12-11-13-2-8-10(15-11)16(5-14-8)9-1-6(3-17)7(9)4-18/h2,5-7,9,17-18H,1,3-4H2,(H2,12,13,15)/t6-,7-,9-/m0/s1. The number of fused-ring (bicyclic) bond motifs is 1. The summed E-state index contributed by atoms with van der Waals surface area (Å²) in [6.07, 6.45) is 4.10. The minimum Gasteiger partial charge on any atom is -0.396 e. The number of aliphatic hydroxyl groups is 2. The Bertz CT molecular complexity index is 570. The summed E-state index contributed by atoms with van der Waals surface area (Å²) in [7, 11) is 0. The Morgan fingerprint density at radius 2 is 2.17 bits per heavy atom. The Labute approximate surface area is 103 Å². The molecule has 0 spiro atoms. The second-order valence-electron chi connectivity index (χ2n) is 4.68. The Kier molecular flexibility index (Phi) is 2.64. The molecule has 18 heavy (non-hydrogen) atoms. The molecule has 3 rings (SSSR count). The first-order chi connectivity index (χ1) is 8.74. The van der Waals surface area contributed by atoms with Gasteiger partial charge in [0, 0.05) is 25.2 Å². The van der Waals surface area contributed by atoms with Crippen molar-refractivity contribution in [1.29, 1.82) is 0 Å². The Morgan fingerprint density at radius 1 is 1.33 bits per heavy atom. The van der Waals surface area contributed by atoms with Crippen molar-refractivity contribution >= 4 is 17.1 Å². The van der Waals surface area contributed by atoms with Crippen LogP contribution in [0.15, 0.2) is 12.5 Å². The van der Waals surface area contributed by atoms with Crippen LogP contribution in [0, 0.1) is 11.8 Å². The Hall–Kier alpha value is -1.73. The smallest absolute Gasteiger partial charge is 0.222 e. The number of rotatable bonds is 3. The van der Waals surface area contributed by atoms with Crippen molar-refractivity contribution in [2.45, 2.75) is 12.5 Å². The SMILES string of the molecule is Nc1ncc2ncn([C@H]3C[C@@H](CO)[C@@H]3CO)c2n1. The van der Waals surface area contributed by atoms with Gasteiger partial charge in [0.25, 0.3) is 0 Å². The zero-order valence-electron chi connectivity index (χ0n) is 9.77. The summed E-state index contributed by atoms with van der Waals surface area (Å²) >= 11 is 0. The maximum absolute atomic E-state index is 9.38. The molecule has 1 saturated carbocycles. The lowest BCUT2D eigenvalue weighted by molar-refractivity contribution is -0.00528. The van der Waals surface area contributed by atoms with Gasteiger partial charge in [-0.3, -0.25) is 0 Å². The molecule has 3 atom stereocenters. The summed E-state index contributed by atoms with van der Waals surface area (Å²) < 4.78 is 1.92. The van der Waals surface area contributed by atoms with Gasteiger partial charge in [-0.15, -0.1) is 0 Å². The van der Waals surface area contributed by atoms with Crippen molar-refractivity contribution in [3.8, 4) is 0 Å². The quantitative estimate of drug-likeness (QED) is 0.681. The van der Waals surface area contributed by atoms with Crippen LogP contribution in [-0.4, -0.2) is 42.9 Å². The van der Waals surface area contributed by atoms with Crippen LogP contribution in [0.2, 0.25) is 0 Å². The van der Waals surface area contributed by atoms with Crippen LogP contribution < -0.4 is 5.73 Å². The van der Waals surface area contributed by atoms with Crippen LogP contribution >= 0.6 is 0 Å². The first-order valence-electron chi connectivity index (χ1n) is 5.91. The highest BCUT2D eigenvalue weighted by Crippen LogP contribution is 2.44. The minimum atomic E-state index is 0.0450. The van der Waals surface area contributed by atoms with Gasteiger partial charge in [0.2, 0.25) is 5.95 Å². The van der Waals surface area contributed by atoms with E-state index in [1.165, 1.54) is 0 Å². The molecular weight excluding hydrogens is 234 g/mol. The van der Waals surface area contributed by atoms with Crippen LogP contribution in [-0.2, 0) is 0 Å². The molecule has 1 aliphatic rings. The van der Waals surface area contributed by atoms with Gasteiger partial charge >= 0.3 is 0 Å². The van der Waals surface area contributed by atoms with Gasteiger partial charge in [0.1, 0.15) is 5.52 Å². The lowest BCUT2D eigenvalue weighted by Gasteiger charge is -2.43. The van der Waals surface area contributed by atoms with Crippen molar-refractivity contribution in [2.24, 2.45) is 11.8 Å². The molecule has 2 heterocycles.